The number of hydrogen-bond acceptors (Lipinski definition) is 5. The standard InChI is InChI=1S/C12H19N3O6/c16-9(17)4-3-8(11(20)14-6-10(18)19)15-12(21)7-2-1-5-13-7/h7-8,13H,1-6H2,(H,14,20)(H,15,21)(H,16,17)(H,18,19)/t7-,8-/m0/s1. The largest absolute Gasteiger partial charge is 0.481 e. The Balaban J connectivity index is 2.57. The number of carboxylic acids is 2. The number of nitrogens with one attached hydrogen (secondary N) is 3. The van der Waals surface area contributed by atoms with Gasteiger partial charge in [-0.3, -0.25) is 19.2 Å². The average molecular weight is 301 g/mol. The molecule has 118 valence electrons. The first-order chi connectivity index (χ1) is 9.90. The van der Waals surface area contributed by atoms with Crippen molar-refractivity contribution in [1.29, 1.82) is 0 Å². The zero-order chi connectivity index (χ0) is 15.8. The van der Waals surface area contributed by atoms with Crippen LogP contribution in [-0.2, 0) is 19.2 Å². The van der Waals surface area contributed by atoms with Crippen LogP contribution in [0.1, 0.15) is 25.7 Å². The first-order valence-corrected chi connectivity index (χ1v) is 6.65. The van der Waals surface area contributed by atoms with Gasteiger partial charge >= 0.3 is 11.9 Å². The van der Waals surface area contributed by atoms with E-state index in [1.807, 2.05) is 0 Å². The van der Waals surface area contributed by atoms with E-state index < -0.39 is 36.5 Å². The zero-order valence-electron chi connectivity index (χ0n) is 11.4. The lowest BCUT2D eigenvalue weighted by molar-refractivity contribution is -0.140. The minimum atomic E-state index is -1.22. The number of carbonyl (C=O) groups is 4. The zero-order valence-corrected chi connectivity index (χ0v) is 11.4. The third-order valence-electron chi connectivity index (χ3n) is 3.07. The van der Waals surface area contributed by atoms with Crippen LogP contribution in [0, 0.1) is 0 Å². The summed E-state index contributed by atoms with van der Waals surface area (Å²) in [6, 6.07) is -1.46. The molecule has 0 saturated carbocycles. The Morgan fingerprint density at radius 2 is 1.90 bits per heavy atom. The molecule has 9 nitrogen and oxygen atoms in total. The van der Waals surface area contributed by atoms with Gasteiger partial charge in [-0.2, -0.15) is 0 Å². The van der Waals surface area contributed by atoms with Gasteiger partial charge in [0.15, 0.2) is 0 Å². The van der Waals surface area contributed by atoms with Crippen molar-refractivity contribution in [3.8, 4) is 0 Å². The molecule has 0 radical (unpaired) electrons. The van der Waals surface area contributed by atoms with E-state index in [9.17, 15) is 19.2 Å². The lowest BCUT2D eigenvalue weighted by atomic mass is 10.1. The average Bonchev–Trinajstić information content (AvgIpc) is 2.94. The molecule has 5 N–H and O–H groups in total. The van der Waals surface area contributed by atoms with Crippen LogP contribution in [0.25, 0.3) is 0 Å². The second kappa shape index (κ2) is 8.20. The molecule has 21 heavy (non-hydrogen) atoms. The highest BCUT2D eigenvalue weighted by molar-refractivity contribution is 5.91. The second-order valence-electron chi connectivity index (χ2n) is 4.75. The summed E-state index contributed by atoms with van der Waals surface area (Å²) in [6.07, 6.45) is 1.10. The van der Waals surface area contributed by atoms with E-state index in [2.05, 4.69) is 16.0 Å². The molecular formula is C12H19N3O6. The number of carboxylic acid groups (broad SMARTS) is 2. The highest BCUT2D eigenvalue weighted by atomic mass is 16.4. The van der Waals surface area contributed by atoms with Crippen molar-refractivity contribution in [2.24, 2.45) is 0 Å². The molecule has 0 spiro atoms. The molecule has 1 aliphatic rings. The number of rotatable bonds is 8. The Morgan fingerprint density at radius 3 is 2.43 bits per heavy atom. The highest BCUT2D eigenvalue weighted by Crippen LogP contribution is 2.06. The smallest absolute Gasteiger partial charge is 0.322 e. The minimum absolute atomic E-state index is 0.0980. The molecule has 0 aliphatic carbocycles. The fraction of sp³-hybridized carbons (Fsp3) is 0.667. The van der Waals surface area contributed by atoms with Gasteiger partial charge in [-0.1, -0.05) is 0 Å². The number of carbonyl (C=O) groups excluding carboxylic acids is 2. The molecule has 1 aliphatic heterocycles. The maximum atomic E-state index is 11.9. The monoisotopic (exact) mass is 301 g/mol. The number of aliphatic carboxylic acids is 2. The summed E-state index contributed by atoms with van der Waals surface area (Å²) in [7, 11) is 0. The molecule has 2 atom stereocenters. The van der Waals surface area contributed by atoms with Gasteiger partial charge in [0.1, 0.15) is 12.6 Å². The van der Waals surface area contributed by atoms with Gasteiger partial charge in [0, 0.05) is 6.42 Å². The molecule has 1 rings (SSSR count). The van der Waals surface area contributed by atoms with Crippen molar-refractivity contribution in [2.45, 2.75) is 37.8 Å². The maximum Gasteiger partial charge on any atom is 0.322 e. The molecule has 1 heterocycles. The molecule has 1 saturated heterocycles. The second-order valence-corrected chi connectivity index (χ2v) is 4.75. The lowest BCUT2D eigenvalue weighted by Gasteiger charge is -2.19. The lowest BCUT2D eigenvalue weighted by Crippen LogP contribution is -2.52. The molecule has 0 aromatic rings. The van der Waals surface area contributed by atoms with E-state index in [1.54, 1.807) is 0 Å². The van der Waals surface area contributed by atoms with Crippen LogP contribution in [0.5, 0.6) is 0 Å². The fourth-order valence-electron chi connectivity index (χ4n) is 2.00. The third kappa shape index (κ3) is 6.21. The highest BCUT2D eigenvalue weighted by Gasteiger charge is 2.27. The third-order valence-corrected chi connectivity index (χ3v) is 3.07. The summed E-state index contributed by atoms with van der Waals surface area (Å²) in [4.78, 5) is 44.7. The van der Waals surface area contributed by atoms with E-state index in [0.717, 1.165) is 6.42 Å². The van der Waals surface area contributed by atoms with Crippen LogP contribution in [0.15, 0.2) is 0 Å². The summed E-state index contributed by atoms with van der Waals surface area (Å²) in [6.45, 7) is 0.128. The van der Waals surface area contributed by atoms with Gasteiger partial charge in [-0.15, -0.1) is 0 Å². The van der Waals surface area contributed by atoms with Crippen molar-refractivity contribution in [3.05, 3.63) is 0 Å². The SMILES string of the molecule is O=C(O)CC[C@H](NC(=O)[C@@H]1CCCN1)C(=O)NCC(=O)O. The van der Waals surface area contributed by atoms with Crippen LogP contribution >= 0.6 is 0 Å². The van der Waals surface area contributed by atoms with Crippen molar-refractivity contribution >= 4 is 23.8 Å². The summed E-state index contributed by atoms with van der Waals surface area (Å²) >= 11 is 0. The molecular weight excluding hydrogens is 282 g/mol. The van der Waals surface area contributed by atoms with Crippen LogP contribution in [0.2, 0.25) is 0 Å². The van der Waals surface area contributed by atoms with Crippen molar-refractivity contribution in [2.75, 3.05) is 13.1 Å². The quantitative estimate of drug-likeness (QED) is 0.359. The van der Waals surface area contributed by atoms with Crippen molar-refractivity contribution in [1.82, 2.24) is 16.0 Å². The normalized spacial score (nSPS) is 18.8. The number of hydrogen-bond donors (Lipinski definition) is 5. The first kappa shape index (κ1) is 16.9. The van der Waals surface area contributed by atoms with Crippen LogP contribution in [0.3, 0.4) is 0 Å². The van der Waals surface area contributed by atoms with Crippen molar-refractivity contribution < 1.29 is 29.4 Å². The predicted molar refractivity (Wildman–Crippen MR) is 70.5 cm³/mol. The molecule has 0 aromatic carbocycles. The van der Waals surface area contributed by atoms with Gasteiger partial charge in [-0.25, -0.2) is 0 Å². The van der Waals surface area contributed by atoms with Gasteiger partial charge < -0.3 is 26.2 Å². The maximum absolute atomic E-state index is 11.9. The summed E-state index contributed by atoms with van der Waals surface area (Å²) < 4.78 is 0. The summed E-state index contributed by atoms with van der Waals surface area (Å²) in [5.74, 6) is -3.40. The van der Waals surface area contributed by atoms with Crippen LogP contribution < -0.4 is 16.0 Å². The summed E-state index contributed by atoms with van der Waals surface area (Å²) in [5, 5.41) is 24.7. The number of amides is 2. The first-order valence-electron chi connectivity index (χ1n) is 6.65. The Hall–Kier alpha value is -2.16. The van der Waals surface area contributed by atoms with E-state index in [-0.39, 0.29) is 18.7 Å². The van der Waals surface area contributed by atoms with Gasteiger partial charge in [0.2, 0.25) is 11.8 Å². The van der Waals surface area contributed by atoms with Gasteiger partial charge in [-0.05, 0) is 25.8 Å². The fourth-order valence-corrected chi connectivity index (χ4v) is 2.00. The predicted octanol–water partition coefficient (Wildman–Crippen LogP) is -1.71. The topological polar surface area (TPSA) is 145 Å². The summed E-state index contributed by atoms with van der Waals surface area (Å²) in [5.41, 5.74) is 0. The van der Waals surface area contributed by atoms with Crippen LogP contribution in [-0.4, -0.2) is 59.1 Å². The van der Waals surface area contributed by atoms with Crippen LogP contribution in [0.4, 0.5) is 0 Å². The van der Waals surface area contributed by atoms with Gasteiger partial charge in [0.05, 0.1) is 6.04 Å². The van der Waals surface area contributed by atoms with Gasteiger partial charge in [0.25, 0.3) is 0 Å². The molecule has 0 bridgehead atoms. The van der Waals surface area contributed by atoms with Crippen molar-refractivity contribution in [3.63, 3.8) is 0 Å². The Morgan fingerprint density at radius 1 is 1.19 bits per heavy atom. The minimum Gasteiger partial charge on any atom is -0.481 e. The molecule has 2 amide bonds. The van der Waals surface area contributed by atoms with E-state index >= 15 is 0 Å². The molecule has 0 aromatic heterocycles. The molecule has 0 unspecified atom stereocenters. The van der Waals surface area contributed by atoms with E-state index in [1.165, 1.54) is 0 Å². The van der Waals surface area contributed by atoms with E-state index in [0.29, 0.717) is 13.0 Å². The Bertz CT molecular complexity index is 419. The molecule has 9 heteroatoms. The Kier molecular flexibility index (Phi) is 6.60. The molecule has 1 fully saturated rings. The van der Waals surface area contributed by atoms with E-state index in [4.69, 9.17) is 10.2 Å². The Labute approximate surface area is 121 Å².